The van der Waals surface area contributed by atoms with Gasteiger partial charge in [-0.25, -0.2) is 0 Å². The van der Waals surface area contributed by atoms with Crippen LogP contribution < -0.4 is 0 Å². The van der Waals surface area contributed by atoms with E-state index in [0.29, 0.717) is 25.6 Å². The van der Waals surface area contributed by atoms with E-state index in [1.807, 2.05) is 28.8 Å². The van der Waals surface area contributed by atoms with Crippen LogP contribution in [0.5, 0.6) is 0 Å². The summed E-state index contributed by atoms with van der Waals surface area (Å²) in [4.78, 5) is 0. The monoisotopic (exact) mass is 349 g/mol. The Labute approximate surface area is 142 Å². The van der Waals surface area contributed by atoms with Crippen molar-refractivity contribution in [2.75, 3.05) is 19.6 Å². The van der Waals surface area contributed by atoms with Gasteiger partial charge in [-0.05, 0) is 43.7 Å². The summed E-state index contributed by atoms with van der Waals surface area (Å²) in [6.45, 7) is 3.98. The van der Waals surface area contributed by atoms with Crippen molar-refractivity contribution >= 4 is 15.9 Å². The number of piperidine rings is 1. The summed E-state index contributed by atoms with van der Waals surface area (Å²) in [6, 6.07) is 5.48. The largest absolute Gasteiger partial charge is 0.285 e. The minimum atomic E-state index is -3.44. The summed E-state index contributed by atoms with van der Waals surface area (Å²) in [5.74, 6) is 1.32. The van der Waals surface area contributed by atoms with Crippen LogP contribution in [0.1, 0.15) is 44.5 Å². The molecule has 130 valence electrons. The highest BCUT2D eigenvalue weighted by atomic mass is 32.2. The summed E-state index contributed by atoms with van der Waals surface area (Å²) < 4.78 is 31.4. The molecule has 4 rings (SSSR count). The molecule has 2 aliphatic heterocycles. The van der Waals surface area contributed by atoms with Crippen LogP contribution in [-0.2, 0) is 10.2 Å². The van der Waals surface area contributed by atoms with E-state index in [9.17, 15) is 8.42 Å². The van der Waals surface area contributed by atoms with Gasteiger partial charge in [-0.15, -0.1) is 10.2 Å². The van der Waals surface area contributed by atoms with Crippen LogP contribution in [0.25, 0.3) is 5.65 Å². The van der Waals surface area contributed by atoms with Crippen LogP contribution >= 0.6 is 0 Å². The van der Waals surface area contributed by atoms with Crippen molar-refractivity contribution < 1.29 is 8.42 Å². The van der Waals surface area contributed by atoms with E-state index in [1.165, 1.54) is 0 Å². The number of pyridine rings is 1. The molecule has 4 heterocycles. The van der Waals surface area contributed by atoms with Gasteiger partial charge in [0.15, 0.2) is 11.5 Å². The van der Waals surface area contributed by atoms with Crippen molar-refractivity contribution in [1.82, 2.24) is 23.2 Å². The Balaban J connectivity index is 1.65. The van der Waals surface area contributed by atoms with Gasteiger partial charge in [0.2, 0.25) is 0 Å². The molecule has 2 aliphatic rings. The second-order valence-electron chi connectivity index (χ2n) is 6.85. The van der Waals surface area contributed by atoms with Gasteiger partial charge in [0.25, 0.3) is 10.2 Å². The molecule has 0 saturated carbocycles. The van der Waals surface area contributed by atoms with E-state index in [0.717, 1.165) is 37.2 Å². The molecule has 0 N–H and O–H groups in total. The zero-order valence-corrected chi connectivity index (χ0v) is 14.7. The molecule has 2 saturated heterocycles. The van der Waals surface area contributed by atoms with Crippen molar-refractivity contribution in [3.8, 4) is 0 Å². The summed E-state index contributed by atoms with van der Waals surface area (Å²) in [5.41, 5.74) is 0.753. The zero-order valence-electron chi connectivity index (χ0n) is 13.9. The number of fused-ring (bicyclic) bond motifs is 1. The van der Waals surface area contributed by atoms with E-state index in [4.69, 9.17) is 0 Å². The van der Waals surface area contributed by atoms with Crippen LogP contribution in [0.3, 0.4) is 0 Å². The molecule has 2 aromatic rings. The first-order chi connectivity index (χ1) is 11.6. The molecular weight excluding hydrogens is 326 g/mol. The SMILES string of the molecule is CC1CCN(S(=O)(=O)N2CCC[C@@H]2c2nnc3ccccn23)CC1. The Hall–Kier alpha value is -1.51. The molecule has 0 radical (unpaired) electrons. The lowest BCUT2D eigenvalue weighted by Gasteiger charge is -2.34. The minimum absolute atomic E-state index is 0.230. The van der Waals surface area contributed by atoms with Gasteiger partial charge in [0, 0.05) is 25.8 Å². The molecule has 0 aliphatic carbocycles. The second kappa shape index (κ2) is 6.09. The molecule has 2 aromatic heterocycles. The number of hydrogen-bond acceptors (Lipinski definition) is 4. The number of aromatic nitrogens is 3. The topological polar surface area (TPSA) is 70.8 Å². The van der Waals surface area contributed by atoms with Crippen LogP contribution in [0.2, 0.25) is 0 Å². The van der Waals surface area contributed by atoms with Gasteiger partial charge < -0.3 is 0 Å². The highest BCUT2D eigenvalue weighted by Gasteiger charge is 2.41. The molecule has 0 bridgehead atoms. The molecule has 2 fully saturated rings. The number of nitrogens with zero attached hydrogens (tertiary/aromatic N) is 5. The Morgan fingerprint density at radius 1 is 1.08 bits per heavy atom. The summed E-state index contributed by atoms with van der Waals surface area (Å²) in [7, 11) is -3.44. The first-order valence-corrected chi connectivity index (χ1v) is 10.0. The molecule has 8 heteroatoms. The molecule has 0 amide bonds. The van der Waals surface area contributed by atoms with E-state index in [1.54, 1.807) is 8.61 Å². The van der Waals surface area contributed by atoms with E-state index in [-0.39, 0.29) is 6.04 Å². The lowest BCUT2D eigenvalue weighted by Crippen LogP contribution is -2.46. The Bertz CT molecular complexity index is 826. The smallest absolute Gasteiger partial charge is 0.282 e. The lowest BCUT2D eigenvalue weighted by molar-refractivity contribution is 0.258. The first kappa shape index (κ1) is 16.0. The molecule has 0 spiro atoms. The quantitative estimate of drug-likeness (QED) is 0.848. The summed E-state index contributed by atoms with van der Waals surface area (Å²) in [6.07, 6.45) is 5.42. The van der Waals surface area contributed by atoms with Crippen LogP contribution in [-0.4, -0.2) is 51.3 Å². The molecule has 24 heavy (non-hydrogen) atoms. The van der Waals surface area contributed by atoms with E-state index in [2.05, 4.69) is 17.1 Å². The Morgan fingerprint density at radius 2 is 1.88 bits per heavy atom. The average Bonchev–Trinajstić information content (AvgIpc) is 3.22. The normalized spacial score (nSPS) is 24.8. The number of hydrogen-bond donors (Lipinski definition) is 0. The molecule has 1 atom stereocenters. The van der Waals surface area contributed by atoms with Crippen molar-refractivity contribution in [2.45, 2.75) is 38.6 Å². The van der Waals surface area contributed by atoms with Crippen molar-refractivity contribution in [1.29, 1.82) is 0 Å². The van der Waals surface area contributed by atoms with Crippen LogP contribution in [0.15, 0.2) is 24.4 Å². The van der Waals surface area contributed by atoms with Crippen molar-refractivity contribution in [3.05, 3.63) is 30.2 Å². The maximum absolute atomic E-state index is 13.1. The molecule has 0 aromatic carbocycles. The second-order valence-corrected chi connectivity index (χ2v) is 8.73. The standard InChI is InChI=1S/C16H23N5O2S/c1-13-7-11-19(12-8-13)24(22,23)21-10-4-5-14(21)16-18-17-15-6-2-3-9-20(15)16/h2-3,6,9,13-14H,4-5,7-8,10-12H2,1H3/t14-/m1/s1. The zero-order chi connectivity index (χ0) is 16.7. The molecular formula is C16H23N5O2S. The van der Waals surface area contributed by atoms with Gasteiger partial charge in [-0.2, -0.15) is 17.0 Å². The third-order valence-corrected chi connectivity index (χ3v) is 7.25. The molecule has 0 unspecified atom stereocenters. The van der Waals surface area contributed by atoms with Crippen molar-refractivity contribution in [2.24, 2.45) is 5.92 Å². The third kappa shape index (κ3) is 2.62. The molecule has 7 nitrogen and oxygen atoms in total. The van der Waals surface area contributed by atoms with Gasteiger partial charge in [-0.1, -0.05) is 13.0 Å². The van der Waals surface area contributed by atoms with E-state index < -0.39 is 10.2 Å². The Morgan fingerprint density at radius 3 is 2.67 bits per heavy atom. The minimum Gasteiger partial charge on any atom is -0.285 e. The fourth-order valence-corrected chi connectivity index (χ4v) is 5.58. The highest BCUT2D eigenvalue weighted by molar-refractivity contribution is 7.86. The maximum atomic E-state index is 13.1. The summed E-state index contributed by atoms with van der Waals surface area (Å²) in [5, 5.41) is 8.47. The number of rotatable bonds is 3. The van der Waals surface area contributed by atoms with Gasteiger partial charge in [-0.3, -0.25) is 4.40 Å². The third-order valence-electron chi connectivity index (χ3n) is 5.21. The Kier molecular flexibility index (Phi) is 4.06. The highest BCUT2D eigenvalue weighted by Crippen LogP contribution is 2.35. The average molecular weight is 349 g/mol. The van der Waals surface area contributed by atoms with Gasteiger partial charge >= 0.3 is 0 Å². The predicted molar refractivity (Wildman–Crippen MR) is 90.6 cm³/mol. The first-order valence-electron chi connectivity index (χ1n) is 8.64. The maximum Gasteiger partial charge on any atom is 0.282 e. The fraction of sp³-hybridized carbons (Fsp3) is 0.625. The van der Waals surface area contributed by atoms with Gasteiger partial charge in [0.1, 0.15) is 0 Å². The van der Waals surface area contributed by atoms with Crippen LogP contribution in [0, 0.1) is 5.92 Å². The van der Waals surface area contributed by atoms with Gasteiger partial charge in [0.05, 0.1) is 6.04 Å². The lowest BCUT2D eigenvalue weighted by atomic mass is 10.0. The summed E-state index contributed by atoms with van der Waals surface area (Å²) >= 11 is 0. The van der Waals surface area contributed by atoms with Crippen LogP contribution in [0.4, 0.5) is 0 Å². The predicted octanol–water partition coefficient (Wildman–Crippen LogP) is 1.84. The van der Waals surface area contributed by atoms with Crippen molar-refractivity contribution in [3.63, 3.8) is 0 Å². The van der Waals surface area contributed by atoms with E-state index >= 15 is 0 Å². The fourth-order valence-electron chi connectivity index (χ4n) is 3.73.